The van der Waals surface area contributed by atoms with Gasteiger partial charge in [-0.3, -0.25) is 9.69 Å². The van der Waals surface area contributed by atoms with Crippen LogP contribution in [0.2, 0.25) is 0 Å². The topological polar surface area (TPSA) is 20.3 Å². The van der Waals surface area contributed by atoms with Crippen molar-refractivity contribution in [3.05, 3.63) is 35.4 Å². The first kappa shape index (κ1) is 12.3. The molecule has 0 N–H and O–H groups in total. The molecule has 1 aliphatic carbocycles. The van der Waals surface area contributed by atoms with Gasteiger partial charge in [0.25, 0.3) is 0 Å². The van der Waals surface area contributed by atoms with E-state index >= 15 is 0 Å². The summed E-state index contributed by atoms with van der Waals surface area (Å²) < 4.78 is 0. The first-order valence-corrected chi connectivity index (χ1v) is 6.44. The molecule has 1 aromatic rings. The van der Waals surface area contributed by atoms with E-state index in [0.29, 0.717) is 6.54 Å². The minimum atomic E-state index is 0.241. The molecule has 0 bridgehead atoms. The lowest BCUT2D eigenvalue weighted by molar-refractivity contribution is 0.0924. The van der Waals surface area contributed by atoms with Gasteiger partial charge in [0.1, 0.15) is 0 Å². The highest BCUT2D eigenvalue weighted by Crippen LogP contribution is 2.26. The van der Waals surface area contributed by atoms with Gasteiger partial charge in [0.2, 0.25) is 0 Å². The van der Waals surface area contributed by atoms with Gasteiger partial charge >= 0.3 is 0 Å². The molecule has 1 aromatic carbocycles. The van der Waals surface area contributed by atoms with Crippen LogP contribution in [0.5, 0.6) is 0 Å². The summed E-state index contributed by atoms with van der Waals surface area (Å²) in [6.45, 7) is 3.61. The molecule has 0 aliphatic heterocycles. The van der Waals surface area contributed by atoms with Crippen molar-refractivity contribution in [2.45, 2.75) is 26.2 Å². The highest BCUT2D eigenvalue weighted by Gasteiger charge is 2.20. The second-order valence-corrected chi connectivity index (χ2v) is 5.23. The lowest BCUT2D eigenvalue weighted by Gasteiger charge is -2.29. The minimum Gasteiger partial charge on any atom is -0.299 e. The average molecular weight is 231 g/mol. The quantitative estimate of drug-likeness (QED) is 0.726. The summed E-state index contributed by atoms with van der Waals surface area (Å²) in [6, 6.07) is 7.84. The summed E-state index contributed by atoms with van der Waals surface area (Å²) >= 11 is 0. The molecule has 2 nitrogen and oxygen atoms in total. The Hall–Kier alpha value is -1.15. The zero-order chi connectivity index (χ0) is 12.3. The van der Waals surface area contributed by atoms with Crippen molar-refractivity contribution >= 4 is 5.78 Å². The van der Waals surface area contributed by atoms with Crippen LogP contribution in [0.1, 0.15) is 35.2 Å². The van der Waals surface area contributed by atoms with Crippen LogP contribution < -0.4 is 0 Å². The SMILES string of the molecule is Cc1ccccc1C(=O)CN(C)CC1CCC1. The van der Waals surface area contributed by atoms with E-state index in [1.54, 1.807) is 0 Å². The smallest absolute Gasteiger partial charge is 0.177 e. The lowest BCUT2D eigenvalue weighted by Crippen LogP contribution is -2.33. The number of carbonyl (C=O) groups excluding carboxylic acids is 1. The molecule has 0 unspecified atom stereocenters. The van der Waals surface area contributed by atoms with Crippen LogP contribution in [0, 0.1) is 12.8 Å². The Labute approximate surface area is 104 Å². The predicted octanol–water partition coefficient (Wildman–Crippen LogP) is 2.91. The molecule has 0 aromatic heterocycles. The molecular formula is C15H21NO. The second-order valence-electron chi connectivity index (χ2n) is 5.23. The van der Waals surface area contributed by atoms with Crippen molar-refractivity contribution < 1.29 is 4.79 Å². The fraction of sp³-hybridized carbons (Fsp3) is 0.533. The van der Waals surface area contributed by atoms with Crippen LogP contribution in [0.4, 0.5) is 0 Å². The largest absolute Gasteiger partial charge is 0.299 e. The van der Waals surface area contributed by atoms with Crippen LogP contribution in [-0.4, -0.2) is 30.8 Å². The Morgan fingerprint density at radius 2 is 2.06 bits per heavy atom. The Morgan fingerprint density at radius 1 is 1.35 bits per heavy atom. The number of rotatable bonds is 5. The molecule has 1 fully saturated rings. The van der Waals surface area contributed by atoms with E-state index < -0.39 is 0 Å². The standard InChI is InChI=1S/C15H21NO/c1-12-6-3-4-9-14(12)15(17)11-16(2)10-13-7-5-8-13/h3-4,6,9,13H,5,7-8,10-11H2,1-2H3. The highest BCUT2D eigenvalue weighted by molar-refractivity contribution is 5.98. The van der Waals surface area contributed by atoms with Gasteiger partial charge in [-0.2, -0.15) is 0 Å². The van der Waals surface area contributed by atoms with Crippen molar-refractivity contribution in [3.63, 3.8) is 0 Å². The van der Waals surface area contributed by atoms with E-state index in [2.05, 4.69) is 11.9 Å². The molecule has 2 heteroatoms. The van der Waals surface area contributed by atoms with Gasteiger partial charge in [-0.15, -0.1) is 0 Å². The Bertz CT molecular complexity index is 396. The van der Waals surface area contributed by atoms with Crippen LogP contribution in [0.3, 0.4) is 0 Å². The number of aryl methyl sites for hydroxylation is 1. The number of hydrogen-bond donors (Lipinski definition) is 0. The fourth-order valence-corrected chi connectivity index (χ4v) is 2.40. The van der Waals surface area contributed by atoms with Crippen LogP contribution in [-0.2, 0) is 0 Å². The number of Topliss-reactive ketones (excluding diaryl/α,β-unsaturated/α-hetero) is 1. The predicted molar refractivity (Wildman–Crippen MR) is 70.3 cm³/mol. The summed E-state index contributed by atoms with van der Waals surface area (Å²) in [6.07, 6.45) is 4.04. The number of nitrogens with zero attached hydrogens (tertiary/aromatic N) is 1. The summed E-state index contributed by atoms with van der Waals surface area (Å²) in [5, 5.41) is 0. The average Bonchev–Trinajstić information content (AvgIpc) is 2.24. The highest BCUT2D eigenvalue weighted by atomic mass is 16.1. The van der Waals surface area contributed by atoms with Gasteiger partial charge in [0, 0.05) is 12.1 Å². The monoisotopic (exact) mass is 231 g/mol. The first-order chi connectivity index (χ1) is 8.16. The summed E-state index contributed by atoms with van der Waals surface area (Å²) in [4.78, 5) is 14.3. The van der Waals surface area contributed by atoms with Crippen molar-refractivity contribution in [2.24, 2.45) is 5.92 Å². The number of likely N-dealkylation sites (N-methyl/N-ethyl adjacent to an activating group) is 1. The third-order valence-electron chi connectivity index (χ3n) is 3.65. The van der Waals surface area contributed by atoms with Crippen molar-refractivity contribution in [1.29, 1.82) is 0 Å². The maximum Gasteiger partial charge on any atom is 0.177 e. The molecule has 1 saturated carbocycles. The third kappa shape index (κ3) is 3.16. The maximum atomic E-state index is 12.1. The molecule has 1 aliphatic rings. The fourth-order valence-electron chi connectivity index (χ4n) is 2.40. The van der Waals surface area contributed by atoms with Crippen LogP contribution in [0.15, 0.2) is 24.3 Å². The lowest BCUT2D eigenvalue weighted by atomic mass is 9.85. The van der Waals surface area contributed by atoms with Crippen molar-refractivity contribution in [3.8, 4) is 0 Å². The normalized spacial score (nSPS) is 15.9. The molecule has 0 radical (unpaired) electrons. The van der Waals surface area contributed by atoms with E-state index in [0.717, 1.165) is 23.6 Å². The number of carbonyl (C=O) groups is 1. The Morgan fingerprint density at radius 3 is 2.65 bits per heavy atom. The van der Waals surface area contributed by atoms with Crippen molar-refractivity contribution in [1.82, 2.24) is 4.90 Å². The van der Waals surface area contributed by atoms with Gasteiger partial charge in [0.15, 0.2) is 5.78 Å². The zero-order valence-electron chi connectivity index (χ0n) is 10.8. The van der Waals surface area contributed by atoms with Crippen LogP contribution >= 0.6 is 0 Å². The van der Waals surface area contributed by atoms with E-state index in [1.165, 1.54) is 19.3 Å². The molecule has 0 spiro atoms. The summed E-state index contributed by atoms with van der Waals surface area (Å²) in [5.74, 6) is 1.06. The molecule has 2 rings (SSSR count). The summed E-state index contributed by atoms with van der Waals surface area (Å²) in [7, 11) is 2.05. The first-order valence-electron chi connectivity index (χ1n) is 6.44. The molecule has 0 heterocycles. The number of benzene rings is 1. The third-order valence-corrected chi connectivity index (χ3v) is 3.65. The maximum absolute atomic E-state index is 12.1. The molecule has 0 atom stereocenters. The summed E-state index contributed by atoms with van der Waals surface area (Å²) in [5.41, 5.74) is 1.95. The molecule has 17 heavy (non-hydrogen) atoms. The van der Waals surface area contributed by atoms with Crippen molar-refractivity contribution in [2.75, 3.05) is 20.1 Å². The number of ketones is 1. The molecular weight excluding hydrogens is 210 g/mol. The molecule has 0 amide bonds. The Balaban J connectivity index is 1.89. The van der Waals surface area contributed by atoms with Gasteiger partial charge in [-0.25, -0.2) is 0 Å². The van der Waals surface area contributed by atoms with Gasteiger partial charge in [0.05, 0.1) is 6.54 Å². The molecule has 0 saturated heterocycles. The van der Waals surface area contributed by atoms with E-state index in [4.69, 9.17) is 0 Å². The zero-order valence-corrected chi connectivity index (χ0v) is 10.8. The van der Waals surface area contributed by atoms with E-state index in [-0.39, 0.29) is 5.78 Å². The van der Waals surface area contributed by atoms with Gasteiger partial charge in [-0.05, 0) is 38.3 Å². The number of hydrogen-bond acceptors (Lipinski definition) is 2. The van der Waals surface area contributed by atoms with E-state index in [9.17, 15) is 4.79 Å². The Kier molecular flexibility index (Phi) is 3.95. The van der Waals surface area contributed by atoms with Gasteiger partial charge in [-0.1, -0.05) is 30.7 Å². The van der Waals surface area contributed by atoms with E-state index in [1.807, 2.05) is 31.2 Å². The second kappa shape index (κ2) is 5.46. The van der Waals surface area contributed by atoms with Crippen LogP contribution in [0.25, 0.3) is 0 Å². The minimum absolute atomic E-state index is 0.241. The van der Waals surface area contributed by atoms with Gasteiger partial charge < -0.3 is 0 Å². The molecule has 92 valence electrons.